The van der Waals surface area contributed by atoms with Crippen LogP contribution in [0.2, 0.25) is 5.02 Å². The highest BCUT2D eigenvalue weighted by molar-refractivity contribution is 9.10. The van der Waals surface area contributed by atoms with Crippen molar-refractivity contribution in [2.75, 3.05) is 24.8 Å². The lowest BCUT2D eigenvalue weighted by Crippen LogP contribution is -2.19. The van der Waals surface area contributed by atoms with Gasteiger partial charge in [0.2, 0.25) is 5.95 Å². The number of hydrogen-bond acceptors (Lipinski definition) is 6. The maximum Gasteiger partial charge on any atom is 0.223 e. The van der Waals surface area contributed by atoms with Gasteiger partial charge >= 0.3 is 0 Å². The van der Waals surface area contributed by atoms with Crippen LogP contribution in [0.1, 0.15) is 16.7 Å². The standard InChI is InChI=1S/C16H19BrClN5O/c1-8-6-10(11(18)9(2)13(8)24-5)7-23(4)15-12(20-3)14(17)21-16(19)22-15/h6H,3,7H2,1-2,4-5H3,(H2,19,21,22). The van der Waals surface area contributed by atoms with E-state index in [9.17, 15) is 0 Å². The van der Waals surface area contributed by atoms with Gasteiger partial charge < -0.3 is 15.4 Å². The average Bonchev–Trinajstić information content (AvgIpc) is 2.52. The first kappa shape index (κ1) is 18.5. The van der Waals surface area contributed by atoms with Crippen molar-refractivity contribution >= 4 is 51.7 Å². The van der Waals surface area contributed by atoms with E-state index >= 15 is 0 Å². The molecule has 0 amide bonds. The molecule has 0 spiro atoms. The first-order valence-electron chi connectivity index (χ1n) is 7.13. The first-order chi connectivity index (χ1) is 11.3. The van der Waals surface area contributed by atoms with E-state index in [-0.39, 0.29) is 5.95 Å². The number of aliphatic imine (C=N–C) groups is 1. The number of hydrogen-bond donors (Lipinski definition) is 1. The zero-order chi connectivity index (χ0) is 18.0. The van der Waals surface area contributed by atoms with Gasteiger partial charge in [-0.2, -0.15) is 4.98 Å². The predicted molar refractivity (Wildman–Crippen MR) is 103 cm³/mol. The fourth-order valence-corrected chi connectivity index (χ4v) is 3.30. The Bertz CT molecular complexity index is 797. The molecule has 0 saturated carbocycles. The summed E-state index contributed by atoms with van der Waals surface area (Å²) in [6, 6.07) is 2.01. The minimum atomic E-state index is 0.157. The van der Waals surface area contributed by atoms with Crippen molar-refractivity contribution in [2.45, 2.75) is 20.4 Å². The van der Waals surface area contributed by atoms with Gasteiger partial charge in [0.1, 0.15) is 16.0 Å². The zero-order valence-electron chi connectivity index (χ0n) is 14.0. The molecule has 1 aromatic carbocycles. The SMILES string of the molecule is C=Nc1c(Br)nc(N)nc1N(C)Cc1cc(C)c(OC)c(C)c1Cl. The number of ether oxygens (including phenoxy) is 1. The van der Waals surface area contributed by atoms with Crippen LogP contribution in [-0.2, 0) is 6.54 Å². The molecule has 2 aromatic rings. The number of anilines is 2. The molecule has 1 aromatic heterocycles. The molecule has 0 aliphatic rings. The monoisotopic (exact) mass is 411 g/mol. The van der Waals surface area contributed by atoms with Crippen molar-refractivity contribution < 1.29 is 4.74 Å². The van der Waals surface area contributed by atoms with Crippen LogP contribution >= 0.6 is 27.5 Å². The van der Waals surface area contributed by atoms with Gasteiger partial charge in [-0.1, -0.05) is 11.6 Å². The van der Waals surface area contributed by atoms with Crippen LogP contribution < -0.4 is 15.4 Å². The number of rotatable bonds is 5. The maximum absolute atomic E-state index is 6.51. The smallest absolute Gasteiger partial charge is 0.223 e. The molecule has 0 saturated heterocycles. The third-order valence-corrected chi connectivity index (χ3v) is 4.75. The molecule has 0 radical (unpaired) electrons. The van der Waals surface area contributed by atoms with E-state index in [1.807, 2.05) is 31.9 Å². The summed E-state index contributed by atoms with van der Waals surface area (Å²) in [7, 11) is 3.52. The topological polar surface area (TPSA) is 76.6 Å². The Morgan fingerprint density at radius 1 is 1.42 bits per heavy atom. The quantitative estimate of drug-likeness (QED) is 0.592. The maximum atomic E-state index is 6.51. The van der Waals surface area contributed by atoms with Crippen LogP contribution in [-0.4, -0.2) is 30.8 Å². The summed E-state index contributed by atoms with van der Waals surface area (Å²) >= 11 is 9.84. The summed E-state index contributed by atoms with van der Waals surface area (Å²) in [5.41, 5.74) is 9.17. The van der Waals surface area contributed by atoms with Crippen molar-refractivity contribution in [1.29, 1.82) is 0 Å². The molecule has 2 N–H and O–H groups in total. The zero-order valence-corrected chi connectivity index (χ0v) is 16.4. The summed E-state index contributed by atoms with van der Waals surface area (Å²) in [5.74, 6) is 1.53. The lowest BCUT2D eigenvalue weighted by atomic mass is 10.0. The molecule has 0 fully saturated rings. The van der Waals surface area contributed by atoms with Gasteiger partial charge in [-0.3, -0.25) is 4.99 Å². The van der Waals surface area contributed by atoms with E-state index in [1.165, 1.54) is 0 Å². The van der Waals surface area contributed by atoms with E-state index in [4.69, 9.17) is 22.1 Å². The lowest BCUT2D eigenvalue weighted by Gasteiger charge is -2.22. The third kappa shape index (κ3) is 3.47. The van der Waals surface area contributed by atoms with Crippen molar-refractivity contribution in [3.8, 4) is 5.75 Å². The number of nitrogen functional groups attached to an aromatic ring is 1. The summed E-state index contributed by atoms with van der Waals surface area (Å²) in [6.07, 6.45) is 0. The lowest BCUT2D eigenvalue weighted by molar-refractivity contribution is 0.408. The number of aromatic nitrogens is 2. The fraction of sp³-hybridized carbons (Fsp3) is 0.312. The Labute approximate surface area is 154 Å². The summed E-state index contributed by atoms with van der Waals surface area (Å²) < 4.78 is 5.90. The molecule has 24 heavy (non-hydrogen) atoms. The van der Waals surface area contributed by atoms with Gasteiger partial charge in [0.15, 0.2) is 5.82 Å². The number of aryl methyl sites for hydroxylation is 1. The number of nitrogens with zero attached hydrogens (tertiary/aromatic N) is 4. The Morgan fingerprint density at radius 2 is 2.08 bits per heavy atom. The molecular formula is C16H19BrClN5O. The number of nitrogens with two attached hydrogens (primary N) is 1. The molecule has 0 unspecified atom stereocenters. The molecule has 1 heterocycles. The average molecular weight is 413 g/mol. The second kappa shape index (κ2) is 7.36. The number of benzene rings is 1. The molecule has 128 valence electrons. The normalized spacial score (nSPS) is 10.6. The fourth-order valence-electron chi connectivity index (χ4n) is 2.62. The van der Waals surface area contributed by atoms with Crippen LogP contribution in [0.4, 0.5) is 17.5 Å². The van der Waals surface area contributed by atoms with Gasteiger partial charge in [-0.05, 0) is 53.7 Å². The van der Waals surface area contributed by atoms with Crippen LogP contribution in [0, 0.1) is 13.8 Å². The second-order valence-electron chi connectivity index (χ2n) is 5.38. The van der Waals surface area contributed by atoms with Crippen molar-refractivity contribution in [2.24, 2.45) is 4.99 Å². The predicted octanol–water partition coefficient (Wildman–Crippen LogP) is 4.07. The molecule has 0 aliphatic carbocycles. The van der Waals surface area contributed by atoms with Gasteiger partial charge in [0, 0.05) is 19.2 Å². The Hall–Kier alpha value is -1.86. The summed E-state index contributed by atoms with van der Waals surface area (Å²) in [6.45, 7) is 8.02. The van der Waals surface area contributed by atoms with Gasteiger partial charge in [-0.15, -0.1) is 0 Å². The van der Waals surface area contributed by atoms with Gasteiger partial charge in [0.05, 0.1) is 12.1 Å². The Morgan fingerprint density at radius 3 is 2.67 bits per heavy atom. The highest BCUT2D eigenvalue weighted by Crippen LogP contribution is 2.36. The van der Waals surface area contributed by atoms with E-state index < -0.39 is 0 Å². The number of methoxy groups -OCH3 is 1. The van der Waals surface area contributed by atoms with Crippen LogP contribution in [0.25, 0.3) is 0 Å². The van der Waals surface area contributed by atoms with Crippen LogP contribution in [0.15, 0.2) is 15.7 Å². The minimum absolute atomic E-state index is 0.157. The molecule has 6 nitrogen and oxygen atoms in total. The highest BCUT2D eigenvalue weighted by Gasteiger charge is 2.18. The van der Waals surface area contributed by atoms with Crippen molar-refractivity contribution in [3.63, 3.8) is 0 Å². The van der Waals surface area contributed by atoms with E-state index in [0.29, 0.717) is 27.7 Å². The second-order valence-corrected chi connectivity index (χ2v) is 6.51. The molecule has 0 atom stereocenters. The van der Waals surface area contributed by atoms with Crippen LogP contribution in [0.5, 0.6) is 5.75 Å². The summed E-state index contributed by atoms with van der Waals surface area (Å²) in [4.78, 5) is 14.2. The van der Waals surface area contributed by atoms with Crippen molar-refractivity contribution in [3.05, 3.63) is 32.4 Å². The molecule has 8 heteroatoms. The Kier molecular flexibility index (Phi) is 5.66. The highest BCUT2D eigenvalue weighted by atomic mass is 79.9. The third-order valence-electron chi connectivity index (χ3n) is 3.67. The van der Waals surface area contributed by atoms with E-state index in [2.05, 4.69) is 37.6 Å². The minimum Gasteiger partial charge on any atom is -0.496 e. The molecule has 2 rings (SSSR count). The van der Waals surface area contributed by atoms with E-state index in [1.54, 1.807) is 7.11 Å². The van der Waals surface area contributed by atoms with Crippen LogP contribution in [0.3, 0.4) is 0 Å². The molecule has 0 bridgehead atoms. The largest absolute Gasteiger partial charge is 0.496 e. The molecular weight excluding hydrogens is 394 g/mol. The Balaban J connectivity index is 2.45. The number of halogens is 2. The van der Waals surface area contributed by atoms with E-state index in [0.717, 1.165) is 22.4 Å². The summed E-state index contributed by atoms with van der Waals surface area (Å²) in [5, 5.41) is 0.665. The first-order valence-corrected chi connectivity index (χ1v) is 8.30. The molecule has 0 aliphatic heterocycles. The van der Waals surface area contributed by atoms with Gasteiger partial charge in [-0.25, -0.2) is 4.98 Å². The van der Waals surface area contributed by atoms with Crippen molar-refractivity contribution in [1.82, 2.24) is 9.97 Å². The van der Waals surface area contributed by atoms with Gasteiger partial charge in [0.25, 0.3) is 0 Å².